The van der Waals surface area contributed by atoms with E-state index in [1.54, 1.807) is 6.92 Å². The molecule has 0 bridgehead atoms. The van der Waals surface area contributed by atoms with Crippen LogP contribution in [0.5, 0.6) is 0 Å². The molecule has 10 atom stereocenters. The fourth-order valence-electron chi connectivity index (χ4n) is 9.08. The molecule has 0 aliphatic heterocycles. The summed E-state index contributed by atoms with van der Waals surface area (Å²) >= 11 is 0. The molecule has 0 amide bonds. The Balaban J connectivity index is 1.63. The van der Waals surface area contributed by atoms with E-state index in [1.165, 1.54) is 31.3 Å². The van der Waals surface area contributed by atoms with E-state index in [1.807, 2.05) is 0 Å². The highest BCUT2D eigenvalue weighted by Crippen LogP contribution is 2.69. The van der Waals surface area contributed by atoms with Crippen LogP contribution in [0.25, 0.3) is 0 Å². The van der Waals surface area contributed by atoms with Crippen LogP contribution in [0.2, 0.25) is 0 Å². The lowest BCUT2D eigenvalue weighted by atomic mass is 9.42. The van der Waals surface area contributed by atoms with Crippen molar-refractivity contribution in [3.8, 4) is 0 Å². The first-order valence-electron chi connectivity index (χ1n) is 12.6. The standard InChI is InChI=1S/C27H44O3/c1-6-19-23-15-18(29)11-13-27(23,5)22-12-14-26(4)20(16(2)7-8-17(3)28)9-10-21(26)24(22)25(19)30/h6,16,18,20-25,29-30H,7-15H2,1-5H3/b19-6+/t16-,18-,20?,21?,22?,23?,24?,25-,26?,27?/m1/s1. The van der Waals surface area contributed by atoms with Gasteiger partial charge in [-0.05, 0) is 117 Å². The number of rotatable bonds is 4. The number of hydrogen-bond acceptors (Lipinski definition) is 3. The van der Waals surface area contributed by atoms with Crippen LogP contribution >= 0.6 is 0 Å². The highest BCUT2D eigenvalue weighted by Gasteiger charge is 2.63. The van der Waals surface area contributed by atoms with Gasteiger partial charge in [0.15, 0.2) is 0 Å². The van der Waals surface area contributed by atoms with Gasteiger partial charge in [-0.25, -0.2) is 0 Å². The van der Waals surface area contributed by atoms with Crippen LogP contribution in [0, 0.1) is 46.3 Å². The minimum Gasteiger partial charge on any atom is -0.393 e. The van der Waals surface area contributed by atoms with Gasteiger partial charge in [-0.15, -0.1) is 0 Å². The van der Waals surface area contributed by atoms with Gasteiger partial charge in [0, 0.05) is 6.42 Å². The lowest BCUT2D eigenvalue weighted by Gasteiger charge is -2.63. The van der Waals surface area contributed by atoms with Crippen molar-refractivity contribution in [1.29, 1.82) is 0 Å². The first kappa shape index (κ1) is 22.5. The third-order valence-corrected chi connectivity index (χ3v) is 10.7. The van der Waals surface area contributed by atoms with E-state index < -0.39 is 0 Å². The van der Waals surface area contributed by atoms with E-state index in [0.29, 0.717) is 47.7 Å². The largest absolute Gasteiger partial charge is 0.393 e. The average Bonchev–Trinajstić information content (AvgIpc) is 3.05. The van der Waals surface area contributed by atoms with Crippen LogP contribution in [-0.4, -0.2) is 28.2 Å². The number of ketones is 1. The molecule has 7 unspecified atom stereocenters. The third-order valence-electron chi connectivity index (χ3n) is 10.7. The maximum absolute atomic E-state index is 11.7. The lowest BCUT2D eigenvalue weighted by Crippen LogP contribution is -2.59. The molecule has 170 valence electrons. The second kappa shape index (κ2) is 8.03. The number of fused-ring (bicyclic) bond motifs is 5. The van der Waals surface area contributed by atoms with E-state index in [2.05, 4.69) is 33.8 Å². The second-order valence-corrected chi connectivity index (χ2v) is 12.0. The molecule has 3 heteroatoms. The molecule has 4 aliphatic rings. The summed E-state index contributed by atoms with van der Waals surface area (Å²) in [7, 11) is 0. The monoisotopic (exact) mass is 416 g/mol. The summed E-state index contributed by atoms with van der Waals surface area (Å²) in [5.41, 5.74) is 1.72. The Labute approximate surface area is 183 Å². The van der Waals surface area contributed by atoms with Crippen LogP contribution in [0.3, 0.4) is 0 Å². The minimum absolute atomic E-state index is 0.213. The fraction of sp³-hybridized carbons (Fsp3) is 0.889. The van der Waals surface area contributed by atoms with Crippen LogP contribution < -0.4 is 0 Å². The average molecular weight is 417 g/mol. The quantitative estimate of drug-likeness (QED) is 0.592. The van der Waals surface area contributed by atoms with Crippen LogP contribution in [0.1, 0.15) is 92.4 Å². The van der Waals surface area contributed by atoms with E-state index in [4.69, 9.17) is 0 Å². The predicted molar refractivity (Wildman–Crippen MR) is 121 cm³/mol. The summed E-state index contributed by atoms with van der Waals surface area (Å²) in [5.74, 6) is 3.39. The van der Waals surface area contributed by atoms with Gasteiger partial charge in [0.25, 0.3) is 0 Å². The topological polar surface area (TPSA) is 57.5 Å². The Hall–Kier alpha value is -0.670. The van der Waals surface area contributed by atoms with Crippen molar-refractivity contribution in [3.05, 3.63) is 11.6 Å². The summed E-state index contributed by atoms with van der Waals surface area (Å²) in [6.07, 6.45) is 11.1. The zero-order valence-electron chi connectivity index (χ0n) is 19.9. The van der Waals surface area contributed by atoms with Crippen molar-refractivity contribution in [2.24, 2.45) is 46.3 Å². The molecule has 30 heavy (non-hydrogen) atoms. The predicted octanol–water partition coefficient (Wildman–Crippen LogP) is 5.54. The molecular formula is C27H44O3. The van der Waals surface area contributed by atoms with Gasteiger partial charge < -0.3 is 15.0 Å². The Kier molecular flexibility index (Phi) is 6.03. The van der Waals surface area contributed by atoms with Crippen molar-refractivity contribution in [2.45, 2.75) is 105 Å². The van der Waals surface area contributed by atoms with Crippen molar-refractivity contribution in [1.82, 2.24) is 0 Å². The van der Waals surface area contributed by atoms with Gasteiger partial charge in [-0.1, -0.05) is 26.8 Å². The van der Waals surface area contributed by atoms with E-state index in [9.17, 15) is 15.0 Å². The number of carbonyl (C=O) groups is 1. The maximum atomic E-state index is 11.7. The smallest absolute Gasteiger partial charge is 0.129 e. The van der Waals surface area contributed by atoms with E-state index in [0.717, 1.165) is 25.7 Å². The Bertz CT molecular complexity index is 698. The van der Waals surface area contributed by atoms with E-state index in [-0.39, 0.29) is 23.0 Å². The normalized spacial score (nSPS) is 50.5. The number of hydrogen-bond donors (Lipinski definition) is 2. The molecule has 0 spiro atoms. The molecule has 0 aromatic rings. The Morgan fingerprint density at radius 3 is 2.43 bits per heavy atom. The van der Waals surface area contributed by atoms with Crippen LogP contribution in [-0.2, 0) is 4.79 Å². The van der Waals surface area contributed by atoms with Crippen LogP contribution in [0.4, 0.5) is 0 Å². The third kappa shape index (κ3) is 3.34. The minimum atomic E-state index is -0.348. The number of Topliss-reactive ketones (excluding diaryl/α,β-unsaturated/α-hetero) is 1. The number of aliphatic hydroxyl groups excluding tert-OH is 2. The number of aliphatic hydroxyl groups is 2. The molecule has 0 aromatic carbocycles. The molecule has 4 aliphatic carbocycles. The molecule has 0 radical (unpaired) electrons. The molecule has 3 nitrogen and oxygen atoms in total. The summed E-state index contributed by atoms with van der Waals surface area (Å²) in [6.45, 7) is 11.1. The van der Waals surface area contributed by atoms with Gasteiger partial charge in [0.1, 0.15) is 5.78 Å². The summed E-state index contributed by atoms with van der Waals surface area (Å²) < 4.78 is 0. The van der Waals surface area contributed by atoms with Crippen molar-refractivity contribution in [2.75, 3.05) is 0 Å². The Morgan fingerprint density at radius 1 is 1.10 bits per heavy atom. The maximum Gasteiger partial charge on any atom is 0.129 e. The van der Waals surface area contributed by atoms with E-state index >= 15 is 0 Å². The second-order valence-electron chi connectivity index (χ2n) is 12.0. The van der Waals surface area contributed by atoms with Gasteiger partial charge in [0.05, 0.1) is 12.2 Å². The molecule has 0 heterocycles. The molecule has 2 N–H and O–H groups in total. The molecule has 0 aromatic heterocycles. The van der Waals surface area contributed by atoms with Crippen molar-refractivity contribution in [3.63, 3.8) is 0 Å². The van der Waals surface area contributed by atoms with Gasteiger partial charge in [0.2, 0.25) is 0 Å². The van der Waals surface area contributed by atoms with Crippen LogP contribution in [0.15, 0.2) is 11.6 Å². The van der Waals surface area contributed by atoms with Gasteiger partial charge in [-0.3, -0.25) is 0 Å². The lowest BCUT2D eigenvalue weighted by molar-refractivity contribution is -0.147. The SMILES string of the molecule is C/C=C1\C2C[C@H](O)CCC2(C)C2CCC3(C)C(CCC3[C@H](C)CCC(C)=O)C2[C@@H]1O. The zero-order chi connectivity index (χ0) is 21.8. The molecule has 4 rings (SSSR count). The summed E-state index contributed by atoms with van der Waals surface area (Å²) in [4.78, 5) is 11.6. The zero-order valence-corrected chi connectivity index (χ0v) is 19.9. The van der Waals surface area contributed by atoms with Crippen molar-refractivity contribution < 1.29 is 15.0 Å². The highest BCUT2D eigenvalue weighted by atomic mass is 16.3. The highest BCUT2D eigenvalue weighted by molar-refractivity contribution is 5.75. The Morgan fingerprint density at radius 2 is 1.77 bits per heavy atom. The summed E-state index contributed by atoms with van der Waals surface area (Å²) in [6, 6.07) is 0. The van der Waals surface area contributed by atoms with Gasteiger partial charge in [-0.2, -0.15) is 0 Å². The fourth-order valence-corrected chi connectivity index (χ4v) is 9.08. The molecule has 0 saturated heterocycles. The molecule has 4 fully saturated rings. The van der Waals surface area contributed by atoms with Gasteiger partial charge >= 0.3 is 0 Å². The van der Waals surface area contributed by atoms with Crippen molar-refractivity contribution >= 4 is 5.78 Å². The number of allylic oxidation sites excluding steroid dienone is 1. The molecule has 4 saturated carbocycles. The first-order chi connectivity index (χ1) is 14.1. The molecular weight excluding hydrogens is 372 g/mol. The summed E-state index contributed by atoms with van der Waals surface area (Å²) in [5, 5.41) is 22.1. The number of carbonyl (C=O) groups excluding carboxylic acids is 1. The first-order valence-corrected chi connectivity index (χ1v) is 12.6.